The Kier molecular flexibility index (Phi) is 3.71. The van der Waals surface area contributed by atoms with Crippen LogP contribution in [-0.4, -0.2) is 22.5 Å². The van der Waals surface area contributed by atoms with Gasteiger partial charge in [0, 0.05) is 34.1 Å². The van der Waals surface area contributed by atoms with Crippen molar-refractivity contribution in [1.29, 1.82) is 0 Å². The molecule has 0 aliphatic carbocycles. The summed E-state index contributed by atoms with van der Waals surface area (Å²) in [4.78, 5) is 29.0. The van der Waals surface area contributed by atoms with Crippen molar-refractivity contribution in [2.45, 2.75) is 11.8 Å². The highest BCUT2D eigenvalue weighted by atomic mass is 32.2. The summed E-state index contributed by atoms with van der Waals surface area (Å²) in [5.41, 5.74) is 2.75. The van der Waals surface area contributed by atoms with Crippen LogP contribution in [0.15, 0.2) is 63.0 Å². The molecule has 0 spiro atoms. The van der Waals surface area contributed by atoms with Gasteiger partial charge in [-0.25, -0.2) is 0 Å². The molecule has 0 unspecified atom stereocenters. The van der Waals surface area contributed by atoms with Crippen molar-refractivity contribution in [3.8, 4) is 0 Å². The molecular formula is C22H16N2O5S. The number of aromatic amines is 1. The van der Waals surface area contributed by atoms with Crippen LogP contribution in [0, 0.1) is 6.92 Å². The third-order valence-electron chi connectivity index (χ3n) is 5.55. The van der Waals surface area contributed by atoms with E-state index >= 15 is 0 Å². The number of nitrogens with one attached hydrogen (secondary N) is 1. The number of H-pyrrole nitrogens is 1. The summed E-state index contributed by atoms with van der Waals surface area (Å²) in [7, 11) is -2.60. The molecule has 0 radical (unpaired) electrons. The smallest absolute Gasteiger partial charge is 0.294 e. The second-order valence-electron chi connectivity index (χ2n) is 7.46. The zero-order chi connectivity index (χ0) is 21.4. The number of aromatic nitrogens is 2. The van der Waals surface area contributed by atoms with Crippen molar-refractivity contribution < 1.29 is 13.0 Å². The van der Waals surface area contributed by atoms with Crippen LogP contribution < -0.4 is 10.9 Å². The number of pyridine rings is 2. The Morgan fingerprint density at radius 1 is 0.800 bits per heavy atom. The number of hydrogen-bond donors (Lipinski definition) is 2. The molecule has 0 saturated carbocycles. The molecule has 2 aromatic heterocycles. The van der Waals surface area contributed by atoms with Crippen molar-refractivity contribution in [2.75, 3.05) is 0 Å². The Labute approximate surface area is 169 Å². The zero-order valence-corrected chi connectivity index (χ0v) is 16.9. The lowest BCUT2D eigenvalue weighted by Gasteiger charge is -2.12. The molecular weight excluding hydrogens is 404 g/mol. The maximum Gasteiger partial charge on any atom is 0.294 e. The molecule has 5 aromatic rings. The van der Waals surface area contributed by atoms with Gasteiger partial charge in [0.15, 0.2) is 10.9 Å². The normalized spacial score (nSPS) is 12.4. The molecule has 0 atom stereocenters. The van der Waals surface area contributed by atoms with Crippen LogP contribution in [0.3, 0.4) is 0 Å². The molecule has 7 nitrogen and oxygen atoms in total. The Morgan fingerprint density at radius 3 is 2.20 bits per heavy atom. The number of nitrogens with zero attached hydrogens (tertiary/aromatic N) is 1. The molecule has 0 aliphatic rings. The molecule has 30 heavy (non-hydrogen) atoms. The predicted molar refractivity (Wildman–Crippen MR) is 117 cm³/mol. The Balaban J connectivity index is 1.98. The lowest BCUT2D eigenvalue weighted by Crippen LogP contribution is -2.12. The van der Waals surface area contributed by atoms with E-state index in [1.54, 1.807) is 18.2 Å². The average Bonchev–Trinajstić information content (AvgIpc) is 2.70. The number of fused-ring (bicyclic) bond motifs is 4. The molecule has 0 fully saturated rings. The van der Waals surface area contributed by atoms with Crippen LogP contribution >= 0.6 is 0 Å². The van der Waals surface area contributed by atoms with Crippen molar-refractivity contribution in [1.82, 2.24) is 9.55 Å². The molecule has 2 heterocycles. The zero-order valence-electron chi connectivity index (χ0n) is 16.1. The first kappa shape index (κ1) is 18.5. The minimum atomic E-state index is -4.44. The fraction of sp³-hybridized carbons (Fsp3) is 0.0909. The maximum absolute atomic E-state index is 13.1. The minimum absolute atomic E-state index is 0.123. The predicted octanol–water partition coefficient (Wildman–Crippen LogP) is 3.24. The van der Waals surface area contributed by atoms with E-state index in [1.807, 2.05) is 30.7 Å². The highest BCUT2D eigenvalue weighted by Crippen LogP contribution is 2.24. The molecule has 150 valence electrons. The van der Waals surface area contributed by atoms with E-state index in [-0.39, 0.29) is 21.1 Å². The summed E-state index contributed by atoms with van der Waals surface area (Å²) in [6, 6.07) is 12.7. The minimum Gasteiger partial charge on any atom is -0.354 e. The van der Waals surface area contributed by atoms with Gasteiger partial charge in [-0.2, -0.15) is 8.42 Å². The van der Waals surface area contributed by atoms with Gasteiger partial charge in [0.1, 0.15) is 0 Å². The Morgan fingerprint density at radius 2 is 1.47 bits per heavy atom. The summed E-state index contributed by atoms with van der Waals surface area (Å²) < 4.78 is 34.1. The summed E-state index contributed by atoms with van der Waals surface area (Å²) in [6.07, 6.45) is 0. The van der Waals surface area contributed by atoms with Crippen LogP contribution in [0.4, 0.5) is 0 Å². The summed E-state index contributed by atoms with van der Waals surface area (Å²) in [6.45, 7) is 1.94. The fourth-order valence-electron chi connectivity index (χ4n) is 4.00. The lowest BCUT2D eigenvalue weighted by atomic mass is 10.0. The van der Waals surface area contributed by atoms with Gasteiger partial charge < -0.3 is 9.55 Å². The van der Waals surface area contributed by atoms with Crippen molar-refractivity contribution in [2.24, 2.45) is 7.05 Å². The first-order chi connectivity index (χ1) is 14.1. The SMILES string of the molecule is Cc1ccc2c(=O)c3cc4[nH]c5ccc(S(=O)(=O)O)cc5c(=O)c4cc3n(C)c2c1. The molecule has 0 saturated heterocycles. The van der Waals surface area contributed by atoms with Gasteiger partial charge in [-0.3, -0.25) is 14.1 Å². The highest BCUT2D eigenvalue weighted by Gasteiger charge is 2.15. The highest BCUT2D eigenvalue weighted by molar-refractivity contribution is 7.85. The van der Waals surface area contributed by atoms with Crippen LogP contribution in [0.1, 0.15) is 5.56 Å². The maximum atomic E-state index is 13.1. The van der Waals surface area contributed by atoms with Crippen molar-refractivity contribution in [3.05, 3.63) is 74.5 Å². The van der Waals surface area contributed by atoms with Crippen LogP contribution in [0.5, 0.6) is 0 Å². The van der Waals surface area contributed by atoms with Crippen LogP contribution in [-0.2, 0) is 17.2 Å². The number of aryl methyl sites for hydroxylation is 2. The van der Waals surface area contributed by atoms with Gasteiger partial charge in [-0.15, -0.1) is 0 Å². The number of hydrogen-bond acceptors (Lipinski definition) is 4. The first-order valence-electron chi connectivity index (χ1n) is 9.15. The van der Waals surface area contributed by atoms with E-state index in [1.165, 1.54) is 12.1 Å². The van der Waals surface area contributed by atoms with Gasteiger partial charge in [0.2, 0.25) is 0 Å². The number of benzene rings is 3. The van der Waals surface area contributed by atoms with Crippen molar-refractivity contribution in [3.63, 3.8) is 0 Å². The topological polar surface area (TPSA) is 109 Å². The van der Waals surface area contributed by atoms with Crippen LogP contribution in [0.2, 0.25) is 0 Å². The summed E-state index contributed by atoms with van der Waals surface area (Å²) in [5.74, 6) is 0. The molecule has 2 N–H and O–H groups in total. The second kappa shape index (κ2) is 6.01. The second-order valence-corrected chi connectivity index (χ2v) is 8.88. The van der Waals surface area contributed by atoms with E-state index < -0.39 is 10.1 Å². The molecule has 0 amide bonds. The van der Waals surface area contributed by atoms with E-state index in [2.05, 4.69) is 4.98 Å². The van der Waals surface area contributed by atoms with Gasteiger partial charge in [-0.05, 0) is 55.0 Å². The van der Waals surface area contributed by atoms with Crippen LogP contribution in [0.25, 0.3) is 43.6 Å². The van der Waals surface area contributed by atoms with E-state index in [9.17, 15) is 22.6 Å². The van der Waals surface area contributed by atoms with Gasteiger partial charge in [-0.1, -0.05) is 6.07 Å². The Hall–Kier alpha value is -3.49. The average molecular weight is 420 g/mol. The van der Waals surface area contributed by atoms with E-state index in [0.29, 0.717) is 32.7 Å². The third-order valence-corrected chi connectivity index (χ3v) is 6.40. The monoisotopic (exact) mass is 420 g/mol. The fourth-order valence-corrected chi connectivity index (χ4v) is 4.50. The van der Waals surface area contributed by atoms with Gasteiger partial charge >= 0.3 is 0 Å². The molecule has 0 bridgehead atoms. The molecule has 3 aromatic carbocycles. The quantitative estimate of drug-likeness (QED) is 0.320. The summed E-state index contributed by atoms with van der Waals surface area (Å²) in [5, 5.41) is 1.53. The molecule has 0 aliphatic heterocycles. The lowest BCUT2D eigenvalue weighted by molar-refractivity contribution is 0.483. The number of rotatable bonds is 1. The van der Waals surface area contributed by atoms with E-state index in [4.69, 9.17) is 0 Å². The van der Waals surface area contributed by atoms with Gasteiger partial charge in [0.25, 0.3) is 10.1 Å². The first-order valence-corrected chi connectivity index (χ1v) is 10.6. The van der Waals surface area contributed by atoms with Gasteiger partial charge in [0.05, 0.1) is 21.4 Å². The third kappa shape index (κ3) is 2.58. The summed E-state index contributed by atoms with van der Waals surface area (Å²) >= 11 is 0. The molecule has 5 rings (SSSR count). The standard InChI is InChI=1S/C22H16N2O5S/c1-11-3-5-13-19(7-11)24(2)20-10-15-18(9-16(20)21(13)25)23-17-6-4-12(30(27,28)29)8-14(17)22(15)26/h3-10H,1-2H3,(H,23,26)(H,27,28,29). The van der Waals surface area contributed by atoms with Crippen molar-refractivity contribution >= 4 is 53.7 Å². The Bertz CT molecular complexity index is 1780. The molecule has 8 heteroatoms. The van der Waals surface area contributed by atoms with E-state index in [0.717, 1.165) is 17.1 Å². The largest absolute Gasteiger partial charge is 0.354 e.